The van der Waals surface area contributed by atoms with Gasteiger partial charge in [-0.3, -0.25) is 14.3 Å². The Morgan fingerprint density at radius 2 is 1.81 bits per heavy atom. The van der Waals surface area contributed by atoms with Crippen LogP contribution < -0.4 is 15.6 Å². The molecule has 27 heavy (non-hydrogen) atoms. The number of H-pyrrole nitrogens is 1. The number of sulfonamides is 1. The second kappa shape index (κ2) is 7.60. The van der Waals surface area contributed by atoms with Gasteiger partial charge in [0.1, 0.15) is 5.69 Å². The molecule has 0 unspecified atom stereocenters. The van der Waals surface area contributed by atoms with E-state index in [9.17, 15) is 18.0 Å². The number of para-hydroxylation sites is 1. The normalized spacial score (nSPS) is 11.0. The number of halogens is 1. The molecule has 0 aliphatic rings. The molecule has 10 heteroatoms. The number of carbonyl (C=O) groups is 1. The van der Waals surface area contributed by atoms with Gasteiger partial charge in [0.05, 0.1) is 15.6 Å². The second-order valence-electron chi connectivity index (χ2n) is 5.37. The highest BCUT2D eigenvalue weighted by Gasteiger charge is 2.17. The van der Waals surface area contributed by atoms with Crippen molar-refractivity contribution in [2.45, 2.75) is 4.90 Å². The zero-order chi connectivity index (χ0) is 19.4. The van der Waals surface area contributed by atoms with Gasteiger partial charge >= 0.3 is 0 Å². The van der Waals surface area contributed by atoms with E-state index >= 15 is 0 Å². The molecule has 0 spiro atoms. The van der Waals surface area contributed by atoms with Gasteiger partial charge in [-0.05, 0) is 36.4 Å². The third-order valence-electron chi connectivity index (χ3n) is 3.43. The van der Waals surface area contributed by atoms with Crippen LogP contribution in [0, 0.1) is 0 Å². The van der Waals surface area contributed by atoms with Gasteiger partial charge in [0.15, 0.2) is 0 Å². The molecule has 1 heterocycles. The zero-order valence-corrected chi connectivity index (χ0v) is 15.2. The molecular weight excluding hydrogens is 392 g/mol. The van der Waals surface area contributed by atoms with Crippen molar-refractivity contribution in [3.63, 3.8) is 0 Å². The Morgan fingerprint density at radius 3 is 2.52 bits per heavy atom. The van der Waals surface area contributed by atoms with E-state index in [1.807, 2.05) is 0 Å². The Kier molecular flexibility index (Phi) is 5.24. The fraction of sp³-hybridized carbons (Fsp3) is 0. The quantitative estimate of drug-likeness (QED) is 0.603. The number of nitrogens with zero attached hydrogens (tertiary/aromatic N) is 1. The first-order chi connectivity index (χ1) is 12.8. The van der Waals surface area contributed by atoms with Crippen LogP contribution >= 0.6 is 11.6 Å². The number of carbonyl (C=O) groups excluding carboxylic acids is 1. The zero-order valence-electron chi connectivity index (χ0n) is 13.6. The van der Waals surface area contributed by atoms with E-state index in [0.717, 1.165) is 6.07 Å². The SMILES string of the molecule is O=C(Nc1cccc(S(=O)(=O)Nc2ccccc2Cl)c1)c1ccc(=O)[nH]n1. The van der Waals surface area contributed by atoms with Crippen LogP contribution in [0.3, 0.4) is 0 Å². The van der Waals surface area contributed by atoms with Crippen molar-refractivity contribution in [1.29, 1.82) is 0 Å². The van der Waals surface area contributed by atoms with Gasteiger partial charge in [-0.1, -0.05) is 29.8 Å². The molecule has 0 saturated carbocycles. The summed E-state index contributed by atoms with van der Waals surface area (Å²) in [5.41, 5.74) is 0.0309. The van der Waals surface area contributed by atoms with Crippen molar-refractivity contribution in [3.05, 3.63) is 81.7 Å². The summed E-state index contributed by atoms with van der Waals surface area (Å²) >= 11 is 5.98. The van der Waals surface area contributed by atoms with E-state index in [1.54, 1.807) is 18.2 Å². The Labute approximate surface area is 159 Å². The highest BCUT2D eigenvalue weighted by molar-refractivity contribution is 7.92. The third kappa shape index (κ3) is 4.52. The van der Waals surface area contributed by atoms with Gasteiger partial charge in [0, 0.05) is 11.8 Å². The maximum absolute atomic E-state index is 12.6. The molecule has 2 aromatic carbocycles. The van der Waals surface area contributed by atoms with Crippen LogP contribution in [0.25, 0.3) is 0 Å². The number of nitrogens with one attached hydrogen (secondary N) is 3. The number of aromatic nitrogens is 2. The smallest absolute Gasteiger partial charge is 0.276 e. The minimum atomic E-state index is -3.91. The standard InChI is InChI=1S/C17H13ClN4O4S/c18-13-6-1-2-7-14(13)22-27(25,26)12-5-3-4-11(10-12)19-17(24)15-8-9-16(23)21-20-15/h1-10,22H,(H,19,24)(H,21,23). The highest BCUT2D eigenvalue weighted by Crippen LogP contribution is 2.25. The van der Waals surface area contributed by atoms with E-state index < -0.39 is 21.5 Å². The lowest BCUT2D eigenvalue weighted by atomic mass is 10.3. The lowest BCUT2D eigenvalue weighted by Crippen LogP contribution is -2.18. The molecule has 8 nitrogen and oxygen atoms in total. The molecule has 0 radical (unpaired) electrons. The molecule has 1 amide bonds. The predicted octanol–water partition coefficient (Wildman–Crippen LogP) is 2.48. The van der Waals surface area contributed by atoms with Gasteiger partial charge in [0.25, 0.3) is 21.5 Å². The molecule has 138 valence electrons. The minimum absolute atomic E-state index is 0.0166. The van der Waals surface area contributed by atoms with Crippen LogP contribution in [0.1, 0.15) is 10.5 Å². The Balaban J connectivity index is 1.82. The highest BCUT2D eigenvalue weighted by atomic mass is 35.5. The maximum atomic E-state index is 12.6. The van der Waals surface area contributed by atoms with Gasteiger partial charge in [-0.25, -0.2) is 13.5 Å². The number of amides is 1. The molecule has 0 aliphatic carbocycles. The Morgan fingerprint density at radius 1 is 1.04 bits per heavy atom. The first-order valence-corrected chi connectivity index (χ1v) is 9.46. The topological polar surface area (TPSA) is 121 Å². The van der Waals surface area contributed by atoms with Crippen molar-refractivity contribution >= 4 is 38.9 Å². The van der Waals surface area contributed by atoms with Gasteiger partial charge in [-0.2, -0.15) is 5.10 Å². The molecule has 3 aromatic rings. The fourth-order valence-electron chi connectivity index (χ4n) is 2.15. The molecule has 0 bridgehead atoms. The van der Waals surface area contributed by atoms with Crippen molar-refractivity contribution in [2.24, 2.45) is 0 Å². The van der Waals surface area contributed by atoms with E-state index in [-0.39, 0.29) is 27.0 Å². The number of hydrogen-bond acceptors (Lipinski definition) is 5. The van der Waals surface area contributed by atoms with Gasteiger partial charge < -0.3 is 5.32 Å². The molecule has 0 fully saturated rings. The van der Waals surface area contributed by atoms with Gasteiger partial charge in [-0.15, -0.1) is 0 Å². The molecule has 3 N–H and O–H groups in total. The number of rotatable bonds is 5. The monoisotopic (exact) mass is 404 g/mol. The van der Waals surface area contributed by atoms with Crippen LogP contribution in [-0.2, 0) is 10.0 Å². The summed E-state index contributed by atoms with van der Waals surface area (Å²) in [5, 5.41) is 8.55. The van der Waals surface area contributed by atoms with Crippen molar-refractivity contribution in [3.8, 4) is 0 Å². The largest absolute Gasteiger partial charge is 0.321 e. The Bertz CT molecular complexity index is 1140. The summed E-state index contributed by atoms with van der Waals surface area (Å²) in [6.45, 7) is 0. The number of anilines is 2. The first kappa shape index (κ1) is 18.6. The average Bonchev–Trinajstić information content (AvgIpc) is 2.64. The molecule has 0 aliphatic heterocycles. The van der Waals surface area contributed by atoms with Gasteiger partial charge in [0.2, 0.25) is 0 Å². The van der Waals surface area contributed by atoms with Crippen LogP contribution in [0.4, 0.5) is 11.4 Å². The lowest BCUT2D eigenvalue weighted by Gasteiger charge is -2.11. The van der Waals surface area contributed by atoms with Crippen LogP contribution in [-0.4, -0.2) is 24.5 Å². The number of benzene rings is 2. The summed E-state index contributed by atoms with van der Waals surface area (Å²) in [6, 6.07) is 14.5. The number of hydrogen-bond donors (Lipinski definition) is 3. The van der Waals surface area contributed by atoms with Crippen LogP contribution in [0.2, 0.25) is 5.02 Å². The van der Waals surface area contributed by atoms with E-state index in [2.05, 4.69) is 20.2 Å². The molecule has 3 rings (SSSR count). The predicted molar refractivity (Wildman–Crippen MR) is 102 cm³/mol. The van der Waals surface area contributed by atoms with E-state index in [1.165, 1.54) is 36.4 Å². The van der Waals surface area contributed by atoms with Crippen LogP contribution in [0.15, 0.2) is 70.4 Å². The van der Waals surface area contributed by atoms with Crippen molar-refractivity contribution in [1.82, 2.24) is 10.2 Å². The summed E-state index contributed by atoms with van der Waals surface area (Å²) in [6.07, 6.45) is 0. The summed E-state index contributed by atoms with van der Waals surface area (Å²) in [5.74, 6) is -0.597. The van der Waals surface area contributed by atoms with E-state index in [4.69, 9.17) is 11.6 Å². The van der Waals surface area contributed by atoms with Crippen LogP contribution in [0.5, 0.6) is 0 Å². The fourth-order valence-corrected chi connectivity index (χ4v) is 3.52. The number of aromatic amines is 1. The average molecular weight is 405 g/mol. The van der Waals surface area contributed by atoms with Crippen molar-refractivity contribution < 1.29 is 13.2 Å². The molecular formula is C17H13ClN4O4S. The summed E-state index contributed by atoms with van der Waals surface area (Å²) < 4.78 is 27.5. The maximum Gasteiger partial charge on any atom is 0.276 e. The molecule has 1 aromatic heterocycles. The van der Waals surface area contributed by atoms with Crippen molar-refractivity contribution in [2.75, 3.05) is 10.0 Å². The van der Waals surface area contributed by atoms with E-state index in [0.29, 0.717) is 0 Å². The summed E-state index contributed by atoms with van der Waals surface area (Å²) in [4.78, 5) is 23.1. The Hall–Kier alpha value is -3.17. The second-order valence-corrected chi connectivity index (χ2v) is 7.46. The summed E-state index contributed by atoms with van der Waals surface area (Å²) in [7, 11) is -3.91. The third-order valence-corrected chi connectivity index (χ3v) is 5.12. The minimum Gasteiger partial charge on any atom is -0.321 e. The molecule has 0 atom stereocenters. The molecule has 0 saturated heterocycles. The first-order valence-electron chi connectivity index (χ1n) is 7.60. The lowest BCUT2D eigenvalue weighted by molar-refractivity contribution is 0.102.